The SMILES string of the molecule is COC(=O)c1c(NC(=S)NNC(=O)c2ccncc2)sc(C)c1C. The van der Waals surface area contributed by atoms with E-state index in [1.807, 2.05) is 13.8 Å². The van der Waals surface area contributed by atoms with Crippen molar-refractivity contribution in [1.29, 1.82) is 0 Å². The van der Waals surface area contributed by atoms with Gasteiger partial charge in [0, 0.05) is 22.8 Å². The van der Waals surface area contributed by atoms with Gasteiger partial charge in [0.15, 0.2) is 5.11 Å². The predicted octanol–water partition coefficient (Wildman–Crippen LogP) is 2.18. The second kappa shape index (κ2) is 7.84. The van der Waals surface area contributed by atoms with E-state index in [4.69, 9.17) is 17.0 Å². The van der Waals surface area contributed by atoms with Crippen LogP contribution in [0.2, 0.25) is 0 Å². The Morgan fingerprint density at radius 3 is 2.50 bits per heavy atom. The Hall–Kier alpha value is -2.52. The van der Waals surface area contributed by atoms with Crippen LogP contribution in [0.1, 0.15) is 31.2 Å². The number of thiophene rings is 1. The molecule has 0 radical (unpaired) electrons. The molecule has 0 saturated carbocycles. The molecule has 2 rings (SSSR count). The number of aryl methyl sites for hydroxylation is 1. The molecule has 0 fully saturated rings. The zero-order chi connectivity index (χ0) is 17.7. The van der Waals surface area contributed by atoms with E-state index in [-0.39, 0.29) is 11.0 Å². The molecule has 0 unspecified atom stereocenters. The van der Waals surface area contributed by atoms with Crippen molar-refractivity contribution in [2.75, 3.05) is 12.4 Å². The minimum atomic E-state index is -0.442. The number of esters is 1. The second-order valence-electron chi connectivity index (χ2n) is 4.75. The van der Waals surface area contributed by atoms with E-state index in [0.29, 0.717) is 16.1 Å². The fourth-order valence-corrected chi connectivity index (χ4v) is 3.16. The van der Waals surface area contributed by atoms with Crippen molar-refractivity contribution in [3.63, 3.8) is 0 Å². The fourth-order valence-electron chi connectivity index (χ4n) is 1.89. The third-order valence-corrected chi connectivity index (χ3v) is 4.56. The van der Waals surface area contributed by atoms with Crippen LogP contribution in [-0.4, -0.2) is 29.1 Å². The smallest absolute Gasteiger partial charge is 0.341 e. The lowest BCUT2D eigenvalue weighted by molar-refractivity contribution is 0.0601. The lowest BCUT2D eigenvalue weighted by atomic mass is 10.1. The van der Waals surface area contributed by atoms with Crippen LogP contribution >= 0.6 is 23.6 Å². The summed E-state index contributed by atoms with van der Waals surface area (Å²) in [7, 11) is 1.32. The number of hydrogen-bond donors (Lipinski definition) is 3. The summed E-state index contributed by atoms with van der Waals surface area (Å²) in [5.74, 6) is -0.795. The molecule has 0 bridgehead atoms. The zero-order valence-electron chi connectivity index (χ0n) is 13.3. The second-order valence-corrected chi connectivity index (χ2v) is 6.38. The molecule has 1 amide bonds. The summed E-state index contributed by atoms with van der Waals surface area (Å²) in [5.41, 5.74) is 6.78. The maximum absolute atomic E-state index is 11.9. The standard InChI is InChI=1S/C15H16N4O3S2/c1-8-9(2)24-13(11(8)14(21)22-3)17-15(23)19-18-12(20)10-4-6-16-7-5-10/h4-7H,1-3H3,(H,18,20)(H2,17,19,23). The first-order chi connectivity index (χ1) is 11.4. The molecule has 3 N–H and O–H groups in total. The van der Waals surface area contributed by atoms with E-state index in [0.717, 1.165) is 10.4 Å². The van der Waals surface area contributed by atoms with E-state index >= 15 is 0 Å². The molecule has 24 heavy (non-hydrogen) atoms. The van der Waals surface area contributed by atoms with Gasteiger partial charge in [-0.2, -0.15) is 0 Å². The molecular formula is C15H16N4O3S2. The molecule has 0 aliphatic carbocycles. The van der Waals surface area contributed by atoms with Crippen LogP contribution in [0.3, 0.4) is 0 Å². The third kappa shape index (κ3) is 4.06. The maximum Gasteiger partial charge on any atom is 0.341 e. The van der Waals surface area contributed by atoms with E-state index in [1.54, 1.807) is 12.1 Å². The summed E-state index contributed by atoms with van der Waals surface area (Å²) in [6.45, 7) is 3.74. The van der Waals surface area contributed by atoms with Gasteiger partial charge in [-0.25, -0.2) is 4.79 Å². The van der Waals surface area contributed by atoms with Gasteiger partial charge in [-0.15, -0.1) is 11.3 Å². The van der Waals surface area contributed by atoms with Gasteiger partial charge in [0.05, 0.1) is 12.7 Å². The Kier molecular flexibility index (Phi) is 5.83. The summed E-state index contributed by atoms with van der Waals surface area (Å²) >= 11 is 6.53. The quantitative estimate of drug-likeness (QED) is 0.437. The molecule has 0 aliphatic heterocycles. The van der Waals surface area contributed by atoms with Gasteiger partial charge in [-0.3, -0.25) is 20.6 Å². The number of nitrogens with one attached hydrogen (secondary N) is 3. The van der Waals surface area contributed by atoms with Gasteiger partial charge < -0.3 is 10.1 Å². The summed E-state index contributed by atoms with van der Waals surface area (Å²) in [4.78, 5) is 28.6. The van der Waals surface area contributed by atoms with Crippen molar-refractivity contribution in [1.82, 2.24) is 15.8 Å². The van der Waals surface area contributed by atoms with E-state index in [2.05, 4.69) is 21.2 Å². The molecule has 0 saturated heterocycles. The first kappa shape index (κ1) is 17.8. The molecule has 0 spiro atoms. The van der Waals surface area contributed by atoms with Crippen LogP contribution in [0, 0.1) is 13.8 Å². The molecule has 7 nitrogen and oxygen atoms in total. The average Bonchev–Trinajstić information content (AvgIpc) is 2.86. The highest BCUT2D eigenvalue weighted by Crippen LogP contribution is 2.32. The van der Waals surface area contributed by atoms with Crippen molar-refractivity contribution in [3.05, 3.63) is 46.1 Å². The zero-order valence-corrected chi connectivity index (χ0v) is 14.9. The molecule has 2 aromatic heterocycles. The van der Waals surface area contributed by atoms with Crippen molar-refractivity contribution in [2.45, 2.75) is 13.8 Å². The monoisotopic (exact) mass is 364 g/mol. The highest BCUT2D eigenvalue weighted by atomic mass is 32.1. The number of hydrogen-bond acceptors (Lipinski definition) is 6. The number of nitrogens with zero attached hydrogens (tertiary/aromatic N) is 1. The van der Waals surface area contributed by atoms with Gasteiger partial charge in [-0.05, 0) is 43.8 Å². The number of ether oxygens (including phenoxy) is 1. The van der Waals surface area contributed by atoms with Gasteiger partial charge >= 0.3 is 5.97 Å². The van der Waals surface area contributed by atoms with Crippen LogP contribution in [0.15, 0.2) is 24.5 Å². The Morgan fingerprint density at radius 1 is 1.21 bits per heavy atom. The van der Waals surface area contributed by atoms with E-state index < -0.39 is 5.97 Å². The first-order valence-electron chi connectivity index (χ1n) is 6.89. The number of aromatic nitrogens is 1. The number of amides is 1. The number of methoxy groups -OCH3 is 1. The number of carbonyl (C=O) groups is 2. The number of hydrazine groups is 1. The average molecular weight is 364 g/mol. The van der Waals surface area contributed by atoms with Gasteiger partial charge in [-0.1, -0.05) is 0 Å². The molecule has 9 heteroatoms. The van der Waals surface area contributed by atoms with Crippen LogP contribution < -0.4 is 16.2 Å². The highest BCUT2D eigenvalue weighted by Gasteiger charge is 2.20. The molecule has 0 aromatic carbocycles. The first-order valence-corrected chi connectivity index (χ1v) is 8.12. The molecular weight excluding hydrogens is 348 g/mol. The van der Waals surface area contributed by atoms with Crippen LogP contribution in [0.5, 0.6) is 0 Å². The number of anilines is 1. The minimum Gasteiger partial charge on any atom is -0.465 e. The highest BCUT2D eigenvalue weighted by molar-refractivity contribution is 7.80. The van der Waals surface area contributed by atoms with Crippen LogP contribution in [-0.2, 0) is 4.74 Å². The summed E-state index contributed by atoms with van der Waals surface area (Å²) < 4.78 is 4.80. The largest absolute Gasteiger partial charge is 0.465 e. The van der Waals surface area contributed by atoms with Crippen molar-refractivity contribution >= 4 is 45.5 Å². The van der Waals surface area contributed by atoms with Gasteiger partial charge in [0.25, 0.3) is 5.91 Å². The molecule has 0 aliphatic rings. The minimum absolute atomic E-state index is 0.156. The number of rotatable bonds is 3. The maximum atomic E-state index is 11.9. The Labute approximate surface area is 148 Å². The molecule has 2 heterocycles. The van der Waals surface area contributed by atoms with E-state index in [1.165, 1.54) is 30.8 Å². The third-order valence-electron chi connectivity index (χ3n) is 3.23. The summed E-state index contributed by atoms with van der Waals surface area (Å²) in [5, 5.41) is 3.62. The normalized spacial score (nSPS) is 9.96. The Morgan fingerprint density at radius 2 is 1.88 bits per heavy atom. The number of thiocarbonyl (C=S) groups is 1. The van der Waals surface area contributed by atoms with Crippen molar-refractivity contribution in [3.8, 4) is 0 Å². The molecule has 2 aromatic rings. The van der Waals surface area contributed by atoms with Crippen molar-refractivity contribution < 1.29 is 14.3 Å². The number of carbonyl (C=O) groups excluding carboxylic acids is 2. The lowest BCUT2D eigenvalue weighted by Gasteiger charge is -2.11. The van der Waals surface area contributed by atoms with Crippen LogP contribution in [0.4, 0.5) is 5.00 Å². The van der Waals surface area contributed by atoms with Crippen LogP contribution in [0.25, 0.3) is 0 Å². The topological polar surface area (TPSA) is 92.4 Å². The van der Waals surface area contributed by atoms with Gasteiger partial charge in [0.2, 0.25) is 0 Å². The predicted molar refractivity (Wildman–Crippen MR) is 96.2 cm³/mol. The summed E-state index contributed by atoms with van der Waals surface area (Å²) in [6, 6.07) is 3.16. The fraction of sp³-hybridized carbons (Fsp3) is 0.200. The van der Waals surface area contributed by atoms with Crippen molar-refractivity contribution in [2.24, 2.45) is 0 Å². The lowest BCUT2D eigenvalue weighted by Crippen LogP contribution is -2.43. The summed E-state index contributed by atoms with van der Waals surface area (Å²) in [6.07, 6.45) is 3.04. The molecule has 0 atom stereocenters. The Bertz CT molecular complexity index is 775. The molecule has 126 valence electrons. The van der Waals surface area contributed by atoms with E-state index in [9.17, 15) is 9.59 Å². The van der Waals surface area contributed by atoms with Gasteiger partial charge in [0.1, 0.15) is 5.00 Å². The Balaban J connectivity index is 2.02. The number of pyridine rings is 1.